The Labute approximate surface area is 235 Å². The van der Waals surface area contributed by atoms with Gasteiger partial charge in [0.25, 0.3) is 0 Å². The first-order chi connectivity index (χ1) is 18.3. The van der Waals surface area contributed by atoms with Crippen LogP contribution in [-0.4, -0.2) is 44.1 Å². The van der Waals surface area contributed by atoms with Crippen molar-refractivity contribution >= 4 is 55.3 Å². The molecule has 0 bridgehead atoms. The third-order valence-electron chi connectivity index (χ3n) is 8.26. The minimum atomic E-state index is -0.605. The summed E-state index contributed by atoms with van der Waals surface area (Å²) >= 11 is 10.0. The van der Waals surface area contributed by atoms with Crippen LogP contribution in [0, 0.1) is 11.8 Å². The van der Waals surface area contributed by atoms with Crippen molar-refractivity contribution < 1.29 is 9.47 Å². The van der Waals surface area contributed by atoms with E-state index < -0.39 is 5.79 Å². The maximum Gasteiger partial charge on any atom is 0.163 e. The molecule has 4 heterocycles. The molecule has 1 aliphatic heterocycles. The fraction of sp³-hybridized carbons (Fsp3) is 0.483. The van der Waals surface area contributed by atoms with Gasteiger partial charge in [-0.15, -0.1) is 0 Å². The molecular weight excluding hydrogens is 566 g/mol. The van der Waals surface area contributed by atoms with E-state index >= 15 is 0 Å². The first-order valence-corrected chi connectivity index (χ1v) is 14.7. The monoisotopic (exact) mass is 595 g/mol. The zero-order valence-corrected chi connectivity index (χ0v) is 23.9. The van der Waals surface area contributed by atoms with Gasteiger partial charge in [-0.2, -0.15) is 0 Å². The molecule has 3 aromatic heterocycles. The number of aromatic nitrogens is 4. The Morgan fingerprint density at radius 1 is 1.13 bits per heavy atom. The molecule has 4 aromatic rings. The molecule has 1 aromatic carbocycles. The Kier molecular flexibility index (Phi) is 6.15. The number of aryl methyl sites for hydroxylation is 1. The number of pyridine rings is 1. The zero-order chi connectivity index (χ0) is 26.0. The van der Waals surface area contributed by atoms with Gasteiger partial charge in [0.15, 0.2) is 5.79 Å². The fourth-order valence-corrected chi connectivity index (χ4v) is 6.87. The van der Waals surface area contributed by atoms with E-state index in [9.17, 15) is 0 Å². The number of anilines is 1. The summed E-state index contributed by atoms with van der Waals surface area (Å²) in [4.78, 5) is 13.6. The SMILES string of the molecule is CC1(C)O[C@@H]2[C@@H](CCc3ccc4cc(Br)c(NCC5CC5)nc4c3)C[C@@H](n3ccc4c(Cl)ncnc43)[C@@H]2O1. The topological polar surface area (TPSA) is 74.1 Å². The van der Waals surface area contributed by atoms with E-state index in [-0.39, 0.29) is 18.2 Å². The van der Waals surface area contributed by atoms with Crippen LogP contribution < -0.4 is 5.32 Å². The van der Waals surface area contributed by atoms with Crippen molar-refractivity contribution in [3.63, 3.8) is 0 Å². The average molecular weight is 597 g/mol. The molecule has 7 nitrogen and oxygen atoms in total. The van der Waals surface area contributed by atoms with E-state index in [1.807, 2.05) is 19.9 Å². The maximum absolute atomic E-state index is 6.47. The van der Waals surface area contributed by atoms with Crippen molar-refractivity contribution in [1.82, 2.24) is 19.5 Å². The van der Waals surface area contributed by atoms with E-state index in [1.54, 1.807) is 0 Å². The first kappa shape index (κ1) is 24.8. The Morgan fingerprint density at radius 3 is 2.82 bits per heavy atom. The van der Waals surface area contributed by atoms with Gasteiger partial charge in [-0.3, -0.25) is 0 Å². The van der Waals surface area contributed by atoms with Crippen molar-refractivity contribution in [2.75, 3.05) is 11.9 Å². The van der Waals surface area contributed by atoms with Gasteiger partial charge in [0.1, 0.15) is 29.0 Å². The highest BCUT2D eigenvalue weighted by Gasteiger charge is 2.54. The van der Waals surface area contributed by atoms with Crippen molar-refractivity contribution in [1.29, 1.82) is 0 Å². The van der Waals surface area contributed by atoms with Crippen molar-refractivity contribution in [2.24, 2.45) is 11.8 Å². The third kappa shape index (κ3) is 4.59. The number of nitrogens with zero attached hydrogens (tertiary/aromatic N) is 4. The highest BCUT2D eigenvalue weighted by molar-refractivity contribution is 9.10. The molecule has 4 atom stereocenters. The van der Waals surface area contributed by atoms with Crippen LogP contribution in [0.2, 0.25) is 5.15 Å². The van der Waals surface area contributed by atoms with Gasteiger partial charge in [-0.1, -0.05) is 23.7 Å². The molecule has 2 saturated carbocycles. The summed E-state index contributed by atoms with van der Waals surface area (Å²) in [6.07, 6.45) is 9.18. The molecule has 0 spiro atoms. The minimum Gasteiger partial charge on any atom is -0.369 e. The first-order valence-electron chi connectivity index (χ1n) is 13.5. The number of fused-ring (bicyclic) bond motifs is 3. The second-order valence-corrected chi connectivity index (χ2v) is 12.7. The van der Waals surface area contributed by atoms with E-state index in [4.69, 9.17) is 26.1 Å². The molecule has 1 N–H and O–H groups in total. The summed E-state index contributed by atoms with van der Waals surface area (Å²) in [5, 5.41) is 6.02. The lowest BCUT2D eigenvalue weighted by molar-refractivity contribution is -0.160. The normalized spacial score (nSPS) is 26.3. The smallest absolute Gasteiger partial charge is 0.163 e. The van der Waals surface area contributed by atoms with Crippen molar-refractivity contribution in [3.8, 4) is 0 Å². The van der Waals surface area contributed by atoms with Crippen LogP contribution in [0.4, 0.5) is 5.82 Å². The summed E-state index contributed by atoms with van der Waals surface area (Å²) in [6, 6.07) is 10.9. The standard InChI is InChI=1S/C29H31BrClN5O2/c1-29(2)37-24-19(13-23(25(24)38-29)36-10-9-20-26(31)33-15-34-28(20)36)8-6-16-5-7-18-12-21(30)27(35-22(18)11-16)32-14-17-3-4-17/h5,7,9-12,15,17,19,23-25H,3-4,6,8,13-14H2,1-2H3,(H,32,35)/t19-,23+,24+,25-/m0/s1. The van der Waals surface area contributed by atoms with E-state index in [1.165, 1.54) is 24.7 Å². The van der Waals surface area contributed by atoms with Crippen LogP contribution in [0.3, 0.4) is 0 Å². The molecule has 0 amide bonds. The van der Waals surface area contributed by atoms with Gasteiger partial charge in [-0.05, 0) is 97.5 Å². The Balaban J connectivity index is 1.12. The van der Waals surface area contributed by atoms with Crippen LogP contribution in [0.15, 0.2) is 47.3 Å². The lowest BCUT2D eigenvalue weighted by atomic mass is 9.95. The Hall–Kier alpha value is -2.26. The van der Waals surface area contributed by atoms with Crippen molar-refractivity contribution in [3.05, 3.63) is 58.0 Å². The van der Waals surface area contributed by atoms with Gasteiger partial charge in [0.2, 0.25) is 0 Å². The van der Waals surface area contributed by atoms with Crippen molar-refractivity contribution in [2.45, 2.75) is 70.0 Å². The fourth-order valence-electron chi connectivity index (χ4n) is 6.20. The number of ether oxygens (including phenoxy) is 2. The van der Waals surface area contributed by atoms with E-state index in [0.29, 0.717) is 11.1 Å². The van der Waals surface area contributed by atoms with Gasteiger partial charge in [0, 0.05) is 18.1 Å². The molecule has 38 heavy (non-hydrogen) atoms. The number of rotatable bonds is 7. The average Bonchev–Trinajstić information content (AvgIpc) is 3.41. The quantitative estimate of drug-likeness (QED) is 0.233. The van der Waals surface area contributed by atoms with Gasteiger partial charge < -0.3 is 19.4 Å². The van der Waals surface area contributed by atoms with Crippen LogP contribution >= 0.6 is 27.5 Å². The molecule has 1 saturated heterocycles. The predicted octanol–water partition coefficient (Wildman–Crippen LogP) is 6.93. The molecule has 0 radical (unpaired) electrons. The minimum absolute atomic E-state index is 0.0324. The summed E-state index contributed by atoms with van der Waals surface area (Å²) in [5.74, 6) is 1.49. The number of halogens is 2. The second kappa shape index (κ2) is 9.44. The highest BCUT2D eigenvalue weighted by Crippen LogP contribution is 2.49. The molecule has 3 aliphatic rings. The summed E-state index contributed by atoms with van der Waals surface area (Å²) < 4.78 is 16.2. The van der Waals surface area contributed by atoms with Crippen LogP contribution in [-0.2, 0) is 15.9 Å². The summed E-state index contributed by atoms with van der Waals surface area (Å²) in [6.45, 7) is 5.01. The lowest BCUT2D eigenvalue weighted by Gasteiger charge is -2.24. The Bertz CT molecular complexity index is 1520. The number of benzene rings is 1. The highest BCUT2D eigenvalue weighted by atomic mass is 79.9. The van der Waals surface area contributed by atoms with Crippen LogP contribution in [0.1, 0.15) is 51.1 Å². The number of hydrogen-bond acceptors (Lipinski definition) is 6. The lowest BCUT2D eigenvalue weighted by Crippen LogP contribution is -2.27. The Morgan fingerprint density at radius 2 is 1.97 bits per heavy atom. The van der Waals surface area contributed by atoms with Gasteiger partial charge in [0.05, 0.1) is 27.5 Å². The molecule has 198 valence electrons. The molecule has 0 unspecified atom stereocenters. The maximum atomic E-state index is 6.47. The van der Waals surface area contributed by atoms with Gasteiger partial charge in [-0.25, -0.2) is 15.0 Å². The van der Waals surface area contributed by atoms with Gasteiger partial charge >= 0.3 is 0 Å². The largest absolute Gasteiger partial charge is 0.369 e. The summed E-state index contributed by atoms with van der Waals surface area (Å²) in [7, 11) is 0. The molecule has 9 heteroatoms. The zero-order valence-electron chi connectivity index (χ0n) is 21.5. The molecule has 7 rings (SSSR count). The third-order valence-corrected chi connectivity index (χ3v) is 9.17. The van der Waals surface area contributed by atoms with E-state index in [2.05, 4.69) is 66.2 Å². The molecule has 2 aliphatic carbocycles. The molecular formula is C29H31BrClN5O2. The van der Waals surface area contributed by atoms with E-state index in [0.717, 1.165) is 64.0 Å². The number of nitrogens with one attached hydrogen (secondary N) is 1. The summed E-state index contributed by atoms with van der Waals surface area (Å²) in [5.41, 5.74) is 3.17. The molecule has 3 fully saturated rings. The van der Waals surface area contributed by atoms with Crippen LogP contribution in [0.5, 0.6) is 0 Å². The predicted molar refractivity (Wildman–Crippen MR) is 152 cm³/mol. The van der Waals surface area contributed by atoms with Crippen LogP contribution in [0.25, 0.3) is 21.9 Å². The number of hydrogen-bond donors (Lipinski definition) is 1. The second-order valence-electron chi connectivity index (χ2n) is 11.5.